The molecule has 0 bridgehead atoms. The summed E-state index contributed by atoms with van der Waals surface area (Å²) in [5, 5.41) is 13.0. The van der Waals surface area contributed by atoms with Crippen molar-refractivity contribution in [2.24, 2.45) is 0 Å². The molecule has 0 aliphatic rings. The first kappa shape index (κ1) is 14.1. The molecule has 0 aliphatic carbocycles. The molecule has 0 heterocycles. The van der Waals surface area contributed by atoms with Gasteiger partial charge >= 0.3 is 0 Å². The molecule has 1 unspecified atom stereocenters. The van der Waals surface area contributed by atoms with Gasteiger partial charge in [0.15, 0.2) is 0 Å². The van der Waals surface area contributed by atoms with Gasteiger partial charge in [0, 0.05) is 10.2 Å². The summed E-state index contributed by atoms with van der Waals surface area (Å²) in [6.07, 6.45) is 0. The zero-order valence-electron chi connectivity index (χ0n) is 11.2. The summed E-state index contributed by atoms with van der Waals surface area (Å²) in [5.74, 6) is 0. The number of halogens is 1. The molecule has 0 fully saturated rings. The number of hydrogen-bond acceptors (Lipinski definition) is 2. The summed E-state index contributed by atoms with van der Waals surface area (Å²) >= 11 is 3.53. The van der Waals surface area contributed by atoms with Crippen LogP contribution < -0.4 is 5.32 Å². The van der Waals surface area contributed by atoms with Gasteiger partial charge in [-0.2, -0.15) is 0 Å². The molecule has 0 aliphatic heterocycles. The molecule has 19 heavy (non-hydrogen) atoms. The van der Waals surface area contributed by atoms with Crippen molar-refractivity contribution in [3.63, 3.8) is 0 Å². The maximum Gasteiger partial charge on any atom is 0.0745 e. The number of hydrogen-bond donors (Lipinski definition) is 2. The van der Waals surface area contributed by atoms with Crippen LogP contribution in [-0.2, 0) is 0 Å². The Morgan fingerprint density at radius 2 is 1.95 bits per heavy atom. The van der Waals surface area contributed by atoms with Crippen molar-refractivity contribution in [1.82, 2.24) is 0 Å². The first-order valence-electron chi connectivity index (χ1n) is 6.30. The van der Waals surface area contributed by atoms with E-state index in [9.17, 15) is 5.11 Å². The van der Waals surface area contributed by atoms with E-state index in [2.05, 4.69) is 59.4 Å². The second-order valence-corrected chi connectivity index (χ2v) is 5.61. The number of anilines is 1. The molecule has 2 rings (SSSR count). The van der Waals surface area contributed by atoms with E-state index < -0.39 is 0 Å². The van der Waals surface area contributed by atoms with Crippen LogP contribution >= 0.6 is 15.9 Å². The molecule has 2 N–H and O–H groups in total. The van der Waals surface area contributed by atoms with Gasteiger partial charge in [0.05, 0.1) is 12.6 Å². The molecule has 3 heteroatoms. The molecule has 0 saturated heterocycles. The second-order valence-electron chi connectivity index (χ2n) is 4.76. The summed E-state index contributed by atoms with van der Waals surface area (Å²) in [6.45, 7) is 4.17. The van der Waals surface area contributed by atoms with Gasteiger partial charge in [0.2, 0.25) is 0 Å². The van der Waals surface area contributed by atoms with Gasteiger partial charge in [-0.25, -0.2) is 0 Å². The molecule has 1 atom stereocenters. The van der Waals surface area contributed by atoms with Crippen LogP contribution in [-0.4, -0.2) is 11.7 Å². The Morgan fingerprint density at radius 1 is 1.16 bits per heavy atom. The minimum Gasteiger partial charge on any atom is -0.394 e. The minimum absolute atomic E-state index is 0.0590. The predicted octanol–water partition coefficient (Wildman–Crippen LogP) is 4.21. The number of aryl methyl sites for hydroxylation is 2. The molecule has 100 valence electrons. The van der Waals surface area contributed by atoms with Crippen LogP contribution in [0.25, 0.3) is 0 Å². The Kier molecular flexibility index (Phi) is 4.61. The van der Waals surface area contributed by atoms with Crippen LogP contribution in [0.1, 0.15) is 22.7 Å². The summed E-state index contributed by atoms with van der Waals surface area (Å²) in [6, 6.07) is 14.2. The van der Waals surface area contributed by atoms with Crippen LogP contribution in [0.4, 0.5) is 5.69 Å². The van der Waals surface area contributed by atoms with Crippen LogP contribution in [0.2, 0.25) is 0 Å². The lowest BCUT2D eigenvalue weighted by Gasteiger charge is -2.19. The number of aliphatic hydroxyl groups excluding tert-OH is 1. The second kappa shape index (κ2) is 6.22. The van der Waals surface area contributed by atoms with Crippen molar-refractivity contribution in [1.29, 1.82) is 0 Å². The van der Waals surface area contributed by atoms with Crippen molar-refractivity contribution < 1.29 is 5.11 Å². The Bertz CT molecular complexity index is 568. The summed E-state index contributed by atoms with van der Waals surface area (Å²) < 4.78 is 1.06. The summed E-state index contributed by atoms with van der Waals surface area (Å²) in [5.41, 5.74) is 4.49. The third-order valence-corrected chi connectivity index (χ3v) is 3.99. The van der Waals surface area contributed by atoms with E-state index in [1.807, 2.05) is 18.2 Å². The third kappa shape index (κ3) is 3.58. The van der Waals surface area contributed by atoms with Crippen molar-refractivity contribution in [2.45, 2.75) is 19.9 Å². The average molecular weight is 320 g/mol. The lowest BCUT2D eigenvalue weighted by molar-refractivity contribution is 0.276. The molecule has 0 spiro atoms. The van der Waals surface area contributed by atoms with E-state index in [-0.39, 0.29) is 12.6 Å². The largest absolute Gasteiger partial charge is 0.394 e. The highest BCUT2D eigenvalue weighted by Crippen LogP contribution is 2.24. The number of nitrogens with one attached hydrogen (secondary N) is 1. The van der Waals surface area contributed by atoms with Gasteiger partial charge in [-0.3, -0.25) is 0 Å². The molecular formula is C16H18BrNO. The summed E-state index contributed by atoms with van der Waals surface area (Å²) in [4.78, 5) is 0. The maximum atomic E-state index is 9.59. The maximum absolute atomic E-state index is 9.59. The van der Waals surface area contributed by atoms with Gasteiger partial charge < -0.3 is 10.4 Å². The third-order valence-electron chi connectivity index (χ3n) is 3.14. The van der Waals surface area contributed by atoms with Crippen LogP contribution in [0.15, 0.2) is 46.9 Å². The Morgan fingerprint density at radius 3 is 2.58 bits per heavy atom. The SMILES string of the molecule is Cc1cccc(NC(CO)c2ccc(C)c(Br)c2)c1. The van der Waals surface area contributed by atoms with E-state index >= 15 is 0 Å². The minimum atomic E-state index is -0.0984. The molecule has 0 radical (unpaired) electrons. The molecule has 0 amide bonds. The van der Waals surface area contributed by atoms with Gasteiger partial charge in [-0.1, -0.05) is 40.2 Å². The smallest absolute Gasteiger partial charge is 0.0745 e. The van der Waals surface area contributed by atoms with E-state index in [0.717, 1.165) is 15.7 Å². The van der Waals surface area contributed by atoms with Gasteiger partial charge in [-0.15, -0.1) is 0 Å². The van der Waals surface area contributed by atoms with Crippen molar-refractivity contribution in [3.05, 3.63) is 63.6 Å². The molecule has 2 aromatic carbocycles. The van der Waals surface area contributed by atoms with E-state index in [1.54, 1.807) is 0 Å². The molecule has 0 saturated carbocycles. The van der Waals surface area contributed by atoms with Crippen LogP contribution in [0.5, 0.6) is 0 Å². The van der Waals surface area contributed by atoms with E-state index in [1.165, 1.54) is 11.1 Å². The van der Waals surface area contributed by atoms with Crippen molar-refractivity contribution in [3.8, 4) is 0 Å². The molecular weight excluding hydrogens is 302 g/mol. The molecule has 0 aromatic heterocycles. The van der Waals surface area contributed by atoms with Crippen LogP contribution in [0, 0.1) is 13.8 Å². The Balaban J connectivity index is 2.22. The highest BCUT2D eigenvalue weighted by atomic mass is 79.9. The number of benzene rings is 2. The normalized spacial score (nSPS) is 12.2. The average Bonchev–Trinajstić information content (AvgIpc) is 2.39. The lowest BCUT2D eigenvalue weighted by atomic mass is 10.1. The monoisotopic (exact) mass is 319 g/mol. The van der Waals surface area contributed by atoms with Gasteiger partial charge in [0.1, 0.15) is 0 Å². The fraction of sp³-hybridized carbons (Fsp3) is 0.250. The first-order valence-corrected chi connectivity index (χ1v) is 7.09. The van der Waals surface area contributed by atoms with E-state index in [4.69, 9.17) is 0 Å². The highest BCUT2D eigenvalue weighted by molar-refractivity contribution is 9.10. The molecule has 2 nitrogen and oxygen atoms in total. The highest BCUT2D eigenvalue weighted by Gasteiger charge is 2.11. The zero-order chi connectivity index (χ0) is 13.8. The Hall–Kier alpha value is -1.32. The van der Waals surface area contributed by atoms with Crippen LogP contribution in [0.3, 0.4) is 0 Å². The quantitative estimate of drug-likeness (QED) is 0.884. The Labute approximate surface area is 122 Å². The lowest BCUT2D eigenvalue weighted by Crippen LogP contribution is -2.15. The summed E-state index contributed by atoms with van der Waals surface area (Å²) in [7, 11) is 0. The fourth-order valence-electron chi connectivity index (χ4n) is 2.00. The molecule has 2 aromatic rings. The predicted molar refractivity (Wildman–Crippen MR) is 83.5 cm³/mol. The van der Waals surface area contributed by atoms with Crippen molar-refractivity contribution in [2.75, 3.05) is 11.9 Å². The van der Waals surface area contributed by atoms with Gasteiger partial charge in [-0.05, 0) is 48.7 Å². The fourth-order valence-corrected chi connectivity index (χ4v) is 2.39. The number of rotatable bonds is 4. The van der Waals surface area contributed by atoms with Gasteiger partial charge in [0.25, 0.3) is 0 Å². The zero-order valence-corrected chi connectivity index (χ0v) is 12.7. The topological polar surface area (TPSA) is 32.3 Å². The van der Waals surface area contributed by atoms with Crippen molar-refractivity contribution >= 4 is 21.6 Å². The van der Waals surface area contributed by atoms with E-state index in [0.29, 0.717) is 0 Å². The first-order chi connectivity index (χ1) is 9.10. The number of aliphatic hydroxyl groups is 1. The standard InChI is InChI=1S/C16H18BrNO/c1-11-4-3-5-14(8-11)18-16(10-19)13-7-6-12(2)15(17)9-13/h3-9,16,18-19H,10H2,1-2H3.